The van der Waals surface area contributed by atoms with Crippen molar-refractivity contribution in [2.24, 2.45) is 5.92 Å². The number of hydrogen-bond donors (Lipinski definition) is 2. The van der Waals surface area contributed by atoms with Crippen molar-refractivity contribution in [3.63, 3.8) is 0 Å². The summed E-state index contributed by atoms with van der Waals surface area (Å²) in [7, 11) is 0. The molecule has 0 radical (unpaired) electrons. The van der Waals surface area contributed by atoms with Crippen molar-refractivity contribution in [2.75, 3.05) is 0 Å². The SMILES string of the molecule is CC(C)[C@H](NC(=O)c1cc(-c2ccccn2)n[nH]1)c1cccs1. The van der Waals surface area contributed by atoms with Gasteiger partial charge in [0.15, 0.2) is 0 Å². The van der Waals surface area contributed by atoms with E-state index in [-0.39, 0.29) is 11.9 Å². The molecule has 3 aromatic heterocycles. The maximum absolute atomic E-state index is 12.5. The molecule has 1 amide bonds. The maximum atomic E-state index is 12.5. The molecule has 0 fully saturated rings. The van der Waals surface area contributed by atoms with Crippen LogP contribution in [0.5, 0.6) is 0 Å². The highest BCUT2D eigenvalue weighted by atomic mass is 32.1. The average Bonchev–Trinajstić information content (AvgIpc) is 3.24. The third-order valence-corrected chi connectivity index (χ3v) is 4.51. The van der Waals surface area contributed by atoms with E-state index in [1.807, 2.05) is 35.7 Å². The number of carbonyl (C=O) groups is 1. The van der Waals surface area contributed by atoms with Crippen LogP contribution in [-0.2, 0) is 0 Å². The van der Waals surface area contributed by atoms with Crippen LogP contribution in [0.2, 0.25) is 0 Å². The number of nitrogens with one attached hydrogen (secondary N) is 2. The number of H-pyrrole nitrogens is 1. The number of carbonyl (C=O) groups excluding carboxylic acids is 1. The molecule has 118 valence electrons. The van der Waals surface area contributed by atoms with Gasteiger partial charge < -0.3 is 5.32 Å². The number of thiophene rings is 1. The van der Waals surface area contributed by atoms with Gasteiger partial charge in [-0.15, -0.1) is 11.3 Å². The quantitative estimate of drug-likeness (QED) is 0.751. The number of amides is 1. The molecule has 0 spiro atoms. The summed E-state index contributed by atoms with van der Waals surface area (Å²) in [6, 6.07) is 11.4. The molecule has 1 atom stereocenters. The van der Waals surface area contributed by atoms with E-state index in [4.69, 9.17) is 0 Å². The number of hydrogen-bond acceptors (Lipinski definition) is 4. The lowest BCUT2D eigenvalue weighted by Crippen LogP contribution is -2.31. The second-order valence-electron chi connectivity index (χ2n) is 5.59. The van der Waals surface area contributed by atoms with Crippen molar-refractivity contribution >= 4 is 17.2 Å². The van der Waals surface area contributed by atoms with Gasteiger partial charge in [-0.25, -0.2) is 0 Å². The summed E-state index contributed by atoms with van der Waals surface area (Å²) in [5.41, 5.74) is 1.84. The minimum Gasteiger partial charge on any atom is -0.343 e. The number of aromatic amines is 1. The van der Waals surface area contributed by atoms with Gasteiger partial charge in [0.1, 0.15) is 11.4 Å². The average molecular weight is 326 g/mol. The lowest BCUT2D eigenvalue weighted by molar-refractivity contribution is 0.0921. The lowest BCUT2D eigenvalue weighted by atomic mass is 10.0. The predicted octanol–water partition coefficient (Wildman–Crippen LogP) is 3.66. The van der Waals surface area contributed by atoms with E-state index in [0.29, 0.717) is 17.3 Å². The zero-order valence-corrected chi connectivity index (χ0v) is 13.8. The standard InChI is InChI=1S/C17H18N4OS/c1-11(2)16(15-7-5-9-23-15)19-17(22)14-10-13(20-21-14)12-6-3-4-8-18-12/h3-11,16H,1-2H3,(H,19,22)(H,20,21)/t16-/m0/s1. The van der Waals surface area contributed by atoms with Crippen LogP contribution in [0, 0.1) is 5.92 Å². The first-order valence-electron chi connectivity index (χ1n) is 7.46. The Labute approximate surface area is 138 Å². The van der Waals surface area contributed by atoms with Gasteiger partial charge in [0, 0.05) is 11.1 Å². The molecule has 0 aliphatic rings. The first-order chi connectivity index (χ1) is 11.1. The number of nitrogens with zero attached hydrogens (tertiary/aromatic N) is 2. The summed E-state index contributed by atoms with van der Waals surface area (Å²) in [6.07, 6.45) is 1.70. The third kappa shape index (κ3) is 3.48. The first-order valence-corrected chi connectivity index (χ1v) is 8.34. The molecule has 23 heavy (non-hydrogen) atoms. The van der Waals surface area contributed by atoms with Crippen LogP contribution in [-0.4, -0.2) is 21.1 Å². The van der Waals surface area contributed by atoms with Gasteiger partial charge in [0.05, 0.1) is 11.7 Å². The highest BCUT2D eigenvalue weighted by molar-refractivity contribution is 7.10. The molecular formula is C17H18N4OS. The molecule has 0 bridgehead atoms. The van der Waals surface area contributed by atoms with Crippen molar-refractivity contribution < 1.29 is 4.79 Å². The van der Waals surface area contributed by atoms with Crippen LogP contribution >= 0.6 is 11.3 Å². The Bertz CT molecular complexity index is 765. The summed E-state index contributed by atoms with van der Waals surface area (Å²) in [5.74, 6) is 0.141. The summed E-state index contributed by atoms with van der Waals surface area (Å²) < 4.78 is 0. The fourth-order valence-corrected chi connectivity index (χ4v) is 3.29. The minimum atomic E-state index is -0.160. The van der Waals surface area contributed by atoms with Crippen LogP contribution < -0.4 is 5.32 Å². The van der Waals surface area contributed by atoms with Gasteiger partial charge in [0.25, 0.3) is 5.91 Å². The molecule has 3 rings (SSSR count). The van der Waals surface area contributed by atoms with Crippen LogP contribution in [0.1, 0.15) is 35.3 Å². The minimum absolute atomic E-state index is 0.0101. The molecule has 6 heteroatoms. The van der Waals surface area contributed by atoms with Crippen LogP contribution in [0.15, 0.2) is 48.0 Å². The zero-order valence-electron chi connectivity index (χ0n) is 13.0. The molecule has 0 unspecified atom stereocenters. The third-order valence-electron chi connectivity index (χ3n) is 3.55. The molecule has 0 saturated carbocycles. The summed E-state index contributed by atoms with van der Waals surface area (Å²) in [6.45, 7) is 4.19. The van der Waals surface area contributed by atoms with E-state index >= 15 is 0 Å². The van der Waals surface area contributed by atoms with E-state index in [9.17, 15) is 4.79 Å². The van der Waals surface area contributed by atoms with Gasteiger partial charge in [-0.05, 0) is 35.6 Å². The Morgan fingerprint density at radius 2 is 2.09 bits per heavy atom. The van der Waals surface area contributed by atoms with Crippen molar-refractivity contribution in [1.29, 1.82) is 0 Å². The number of aromatic nitrogens is 3. The Morgan fingerprint density at radius 3 is 2.74 bits per heavy atom. The van der Waals surface area contributed by atoms with E-state index in [2.05, 4.69) is 34.3 Å². The van der Waals surface area contributed by atoms with Crippen molar-refractivity contribution in [2.45, 2.75) is 19.9 Å². The molecule has 0 aliphatic heterocycles. The van der Waals surface area contributed by atoms with Crippen LogP contribution in [0.4, 0.5) is 0 Å². The Balaban J connectivity index is 1.77. The monoisotopic (exact) mass is 326 g/mol. The van der Waals surface area contributed by atoms with Gasteiger partial charge in [-0.1, -0.05) is 26.0 Å². The van der Waals surface area contributed by atoms with Gasteiger partial charge >= 0.3 is 0 Å². The van der Waals surface area contributed by atoms with Crippen LogP contribution in [0.3, 0.4) is 0 Å². The largest absolute Gasteiger partial charge is 0.343 e. The highest BCUT2D eigenvalue weighted by Gasteiger charge is 2.21. The molecule has 3 aromatic rings. The van der Waals surface area contributed by atoms with E-state index < -0.39 is 0 Å². The Morgan fingerprint density at radius 1 is 1.22 bits per heavy atom. The smallest absolute Gasteiger partial charge is 0.269 e. The van der Waals surface area contributed by atoms with E-state index in [1.54, 1.807) is 23.6 Å². The van der Waals surface area contributed by atoms with Crippen molar-refractivity contribution in [3.8, 4) is 11.4 Å². The second-order valence-corrected chi connectivity index (χ2v) is 6.57. The molecule has 2 N–H and O–H groups in total. The molecular weight excluding hydrogens is 308 g/mol. The molecule has 0 saturated heterocycles. The Kier molecular flexibility index (Phi) is 4.52. The zero-order chi connectivity index (χ0) is 16.2. The summed E-state index contributed by atoms with van der Waals surface area (Å²) in [5, 5.41) is 12.1. The second kappa shape index (κ2) is 6.75. The molecule has 0 aromatic carbocycles. The topological polar surface area (TPSA) is 70.7 Å². The van der Waals surface area contributed by atoms with E-state index in [1.165, 1.54) is 0 Å². The fourth-order valence-electron chi connectivity index (χ4n) is 2.34. The maximum Gasteiger partial charge on any atom is 0.269 e. The molecule has 3 heterocycles. The number of rotatable bonds is 5. The normalized spacial score (nSPS) is 12.3. The Hall–Kier alpha value is -2.47. The van der Waals surface area contributed by atoms with Crippen molar-refractivity contribution in [1.82, 2.24) is 20.5 Å². The van der Waals surface area contributed by atoms with Gasteiger partial charge in [-0.3, -0.25) is 14.9 Å². The van der Waals surface area contributed by atoms with Crippen LogP contribution in [0.25, 0.3) is 11.4 Å². The lowest BCUT2D eigenvalue weighted by Gasteiger charge is -2.20. The van der Waals surface area contributed by atoms with E-state index in [0.717, 1.165) is 10.6 Å². The molecule has 5 nitrogen and oxygen atoms in total. The molecule has 0 aliphatic carbocycles. The van der Waals surface area contributed by atoms with Crippen molar-refractivity contribution in [3.05, 3.63) is 58.5 Å². The van der Waals surface area contributed by atoms with Gasteiger partial charge in [0.2, 0.25) is 0 Å². The highest BCUT2D eigenvalue weighted by Crippen LogP contribution is 2.26. The summed E-state index contributed by atoms with van der Waals surface area (Å²) >= 11 is 1.65. The van der Waals surface area contributed by atoms with Gasteiger partial charge in [-0.2, -0.15) is 5.10 Å². The first kappa shape index (κ1) is 15.4. The number of pyridine rings is 1. The summed E-state index contributed by atoms with van der Waals surface area (Å²) in [4.78, 5) is 17.9. The predicted molar refractivity (Wildman–Crippen MR) is 91.2 cm³/mol. The fraction of sp³-hybridized carbons (Fsp3) is 0.235.